The maximum atomic E-state index is 3.87. The summed E-state index contributed by atoms with van der Waals surface area (Å²) in [5, 5.41) is 0. The van der Waals surface area contributed by atoms with E-state index in [1.54, 1.807) is 5.57 Å². The molecule has 0 nitrogen and oxygen atoms in total. The van der Waals surface area contributed by atoms with Gasteiger partial charge in [0.1, 0.15) is 0 Å². The van der Waals surface area contributed by atoms with Gasteiger partial charge in [0.15, 0.2) is 0 Å². The number of allylic oxidation sites excluding steroid dienone is 9. The van der Waals surface area contributed by atoms with Crippen molar-refractivity contribution in [3.63, 3.8) is 0 Å². The van der Waals surface area contributed by atoms with Crippen molar-refractivity contribution in [2.45, 2.75) is 31.6 Å². The van der Waals surface area contributed by atoms with E-state index in [1.165, 1.54) is 22.3 Å². The van der Waals surface area contributed by atoms with Gasteiger partial charge in [0.2, 0.25) is 0 Å². The summed E-state index contributed by atoms with van der Waals surface area (Å²) in [5.41, 5.74) is 7.26. The zero-order valence-corrected chi connectivity index (χ0v) is 16.0. The Bertz CT molecular complexity index is 741. The summed E-state index contributed by atoms with van der Waals surface area (Å²) >= 11 is 2.38. The molecule has 1 heteroatoms. The van der Waals surface area contributed by atoms with E-state index in [2.05, 4.69) is 97.7 Å². The lowest BCUT2D eigenvalue weighted by Crippen LogP contribution is -2.18. The smallest absolute Gasteiger partial charge is 0.0179 e. The Morgan fingerprint density at radius 3 is 2.87 bits per heavy atom. The Morgan fingerprint density at radius 2 is 2.13 bits per heavy atom. The highest BCUT2D eigenvalue weighted by Gasteiger charge is 2.41. The third-order valence-corrected chi connectivity index (χ3v) is 5.52. The van der Waals surface area contributed by atoms with Crippen LogP contribution in [0.25, 0.3) is 0 Å². The van der Waals surface area contributed by atoms with Crippen molar-refractivity contribution >= 4 is 22.6 Å². The molecule has 0 aromatic heterocycles. The van der Waals surface area contributed by atoms with Crippen LogP contribution in [0.2, 0.25) is 0 Å². The van der Waals surface area contributed by atoms with Crippen LogP contribution in [0.5, 0.6) is 0 Å². The van der Waals surface area contributed by atoms with E-state index in [-0.39, 0.29) is 5.41 Å². The van der Waals surface area contributed by atoms with Crippen molar-refractivity contribution in [2.75, 3.05) is 4.43 Å². The van der Waals surface area contributed by atoms with Crippen molar-refractivity contribution in [2.24, 2.45) is 0 Å². The lowest BCUT2D eigenvalue weighted by Gasteiger charge is -2.27. The molecule has 23 heavy (non-hydrogen) atoms. The molecule has 1 atom stereocenters. The number of hydrogen-bond acceptors (Lipinski definition) is 0. The highest BCUT2D eigenvalue weighted by Crippen LogP contribution is 2.53. The Morgan fingerprint density at radius 1 is 1.35 bits per heavy atom. The molecule has 2 aliphatic carbocycles. The fraction of sp³-hybridized carbons (Fsp3) is 0.273. The van der Waals surface area contributed by atoms with Gasteiger partial charge in [0, 0.05) is 15.8 Å². The van der Waals surface area contributed by atoms with Gasteiger partial charge in [0.05, 0.1) is 0 Å². The molecular formula is C22H23I. The van der Waals surface area contributed by atoms with Gasteiger partial charge >= 0.3 is 0 Å². The third-order valence-electron chi connectivity index (χ3n) is 5.01. The highest BCUT2D eigenvalue weighted by molar-refractivity contribution is 14.1. The van der Waals surface area contributed by atoms with Gasteiger partial charge in [-0.25, -0.2) is 0 Å². The lowest BCUT2D eigenvalue weighted by molar-refractivity contribution is 0.611. The van der Waals surface area contributed by atoms with E-state index in [1.807, 2.05) is 6.08 Å². The number of fused-ring (bicyclic) bond motifs is 3. The van der Waals surface area contributed by atoms with Gasteiger partial charge in [-0.05, 0) is 28.7 Å². The Balaban J connectivity index is 2.03. The molecule has 1 aromatic rings. The maximum absolute atomic E-state index is 3.87. The summed E-state index contributed by atoms with van der Waals surface area (Å²) in [5.74, 6) is 0.545. The second kappa shape index (κ2) is 6.64. The van der Waals surface area contributed by atoms with E-state index in [0.717, 1.165) is 10.8 Å². The summed E-state index contributed by atoms with van der Waals surface area (Å²) in [6.45, 7) is 8.59. The summed E-state index contributed by atoms with van der Waals surface area (Å²) in [6, 6.07) is 8.94. The molecule has 0 saturated carbocycles. The molecule has 118 valence electrons. The van der Waals surface area contributed by atoms with Crippen molar-refractivity contribution in [1.82, 2.24) is 0 Å². The summed E-state index contributed by atoms with van der Waals surface area (Å²) < 4.78 is 1.02. The zero-order valence-electron chi connectivity index (χ0n) is 13.9. The minimum absolute atomic E-state index is 0.118. The van der Waals surface area contributed by atoms with Crippen molar-refractivity contribution < 1.29 is 0 Å². The quantitative estimate of drug-likeness (QED) is 0.303. The molecule has 0 aliphatic heterocycles. The second-order valence-electron chi connectivity index (χ2n) is 6.67. The van der Waals surface area contributed by atoms with Gasteiger partial charge in [-0.2, -0.15) is 0 Å². The highest BCUT2D eigenvalue weighted by atomic mass is 127. The minimum Gasteiger partial charge on any atom is -0.0990 e. The van der Waals surface area contributed by atoms with Gasteiger partial charge in [0.25, 0.3) is 0 Å². The predicted molar refractivity (Wildman–Crippen MR) is 109 cm³/mol. The minimum atomic E-state index is 0.118. The van der Waals surface area contributed by atoms with E-state index < -0.39 is 0 Å². The molecule has 1 unspecified atom stereocenters. The number of hydrogen-bond donors (Lipinski definition) is 0. The molecule has 0 saturated heterocycles. The Hall–Kier alpha value is -1.35. The second-order valence-corrected chi connectivity index (χ2v) is 7.55. The van der Waals surface area contributed by atoms with Crippen LogP contribution in [0.1, 0.15) is 37.3 Å². The normalized spacial score (nSPS) is 22.4. The van der Waals surface area contributed by atoms with E-state index in [9.17, 15) is 0 Å². The molecule has 0 radical (unpaired) electrons. The van der Waals surface area contributed by atoms with Crippen molar-refractivity contribution in [1.29, 1.82) is 0 Å². The molecule has 0 fully saturated rings. The van der Waals surface area contributed by atoms with E-state index in [4.69, 9.17) is 0 Å². The van der Waals surface area contributed by atoms with Crippen molar-refractivity contribution in [3.8, 4) is 0 Å². The summed E-state index contributed by atoms with van der Waals surface area (Å²) in [7, 11) is 0. The van der Waals surface area contributed by atoms with Crippen LogP contribution < -0.4 is 0 Å². The predicted octanol–water partition coefficient (Wildman–Crippen LogP) is 6.42. The molecule has 2 aliphatic rings. The van der Waals surface area contributed by atoms with Crippen LogP contribution in [0.3, 0.4) is 0 Å². The molecule has 0 N–H and O–H groups in total. The molecule has 0 spiro atoms. The van der Waals surface area contributed by atoms with Crippen LogP contribution in [-0.2, 0) is 5.41 Å². The standard InChI is InChI=1S/C22H23I/c1-4-8-16(9-7-14-23)17-12-13-19-18-10-5-6-11-20(18)22(2,3)21(19)15-17/h4-12,15,19H,1,13-14H2,2-3H3/b9-7-,16-8+. The number of alkyl halides is 1. The van der Waals surface area contributed by atoms with Crippen LogP contribution in [0.15, 0.2) is 84.0 Å². The summed E-state index contributed by atoms with van der Waals surface area (Å²) in [4.78, 5) is 0. The molecule has 0 heterocycles. The van der Waals surface area contributed by atoms with Crippen LogP contribution in [0.4, 0.5) is 0 Å². The van der Waals surface area contributed by atoms with Crippen molar-refractivity contribution in [3.05, 3.63) is 95.1 Å². The first-order valence-electron chi connectivity index (χ1n) is 8.16. The van der Waals surface area contributed by atoms with Crippen LogP contribution >= 0.6 is 22.6 Å². The number of halogens is 1. The molecular weight excluding hydrogens is 391 g/mol. The van der Waals surface area contributed by atoms with Gasteiger partial charge in [-0.15, -0.1) is 0 Å². The fourth-order valence-electron chi connectivity index (χ4n) is 3.88. The van der Waals surface area contributed by atoms with Crippen LogP contribution in [0, 0.1) is 0 Å². The fourth-order valence-corrected chi connectivity index (χ4v) is 4.14. The van der Waals surface area contributed by atoms with Gasteiger partial charge < -0.3 is 0 Å². The van der Waals surface area contributed by atoms with E-state index in [0.29, 0.717) is 5.92 Å². The largest absolute Gasteiger partial charge is 0.0990 e. The number of benzene rings is 1. The van der Waals surface area contributed by atoms with Gasteiger partial charge in [-0.1, -0.05) is 109 Å². The topological polar surface area (TPSA) is 0 Å². The van der Waals surface area contributed by atoms with Gasteiger partial charge in [-0.3, -0.25) is 0 Å². The first-order chi connectivity index (χ1) is 11.1. The molecule has 0 bridgehead atoms. The Labute approximate surface area is 153 Å². The summed E-state index contributed by atoms with van der Waals surface area (Å²) in [6.07, 6.45) is 14.3. The third kappa shape index (κ3) is 2.91. The Kier molecular flexibility index (Phi) is 4.77. The molecule has 1 aromatic carbocycles. The maximum Gasteiger partial charge on any atom is 0.0179 e. The monoisotopic (exact) mass is 414 g/mol. The number of rotatable bonds is 4. The first kappa shape index (κ1) is 16.5. The van der Waals surface area contributed by atoms with E-state index >= 15 is 0 Å². The lowest BCUT2D eigenvalue weighted by atomic mass is 9.76. The average molecular weight is 414 g/mol. The molecule has 0 amide bonds. The first-order valence-corrected chi connectivity index (χ1v) is 9.69. The molecule has 3 rings (SSSR count). The SMILES string of the molecule is C=C/C=C(\C=C/CI)C1=CCC2C(=C1)C(C)(C)c1ccccc12. The zero-order chi connectivity index (χ0) is 16.4. The average Bonchev–Trinajstić information content (AvgIpc) is 2.80. The van der Waals surface area contributed by atoms with Crippen LogP contribution in [-0.4, -0.2) is 4.43 Å².